The van der Waals surface area contributed by atoms with Crippen LogP contribution in [-0.2, 0) is 27.8 Å². The molecule has 2 aliphatic heterocycles. The van der Waals surface area contributed by atoms with Gasteiger partial charge in [-0.3, -0.25) is 4.57 Å². The summed E-state index contributed by atoms with van der Waals surface area (Å²) < 4.78 is 38.7. The standard InChI is InChI=1S/C11H21O6P/c1-11(2)16-9-7-8(15-10(9)17-11)5-6-18(12,13-3)14-4/h8-10H,5-7H2,1-4H3/t8-,9-,10-/m1/s1. The van der Waals surface area contributed by atoms with Crippen LogP contribution in [0.2, 0.25) is 0 Å². The van der Waals surface area contributed by atoms with E-state index in [0.29, 0.717) is 12.6 Å². The lowest BCUT2D eigenvalue weighted by Gasteiger charge is -2.21. The molecule has 0 spiro atoms. The molecular weight excluding hydrogens is 259 g/mol. The fraction of sp³-hybridized carbons (Fsp3) is 1.00. The van der Waals surface area contributed by atoms with E-state index in [1.54, 1.807) is 0 Å². The third kappa shape index (κ3) is 3.13. The van der Waals surface area contributed by atoms with E-state index in [1.807, 2.05) is 13.8 Å². The fourth-order valence-electron chi connectivity index (χ4n) is 2.33. The molecule has 0 amide bonds. The molecule has 0 unspecified atom stereocenters. The van der Waals surface area contributed by atoms with Crippen LogP contribution in [0.25, 0.3) is 0 Å². The lowest BCUT2D eigenvalue weighted by Crippen LogP contribution is -2.25. The van der Waals surface area contributed by atoms with Crippen LogP contribution in [-0.4, -0.2) is 44.7 Å². The molecule has 3 atom stereocenters. The van der Waals surface area contributed by atoms with Gasteiger partial charge in [-0.1, -0.05) is 0 Å². The summed E-state index contributed by atoms with van der Waals surface area (Å²) in [4.78, 5) is 0. The van der Waals surface area contributed by atoms with Crippen LogP contribution in [0.15, 0.2) is 0 Å². The van der Waals surface area contributed by atoms with E-state index in [2.05, 4.69) is 0 Å². The summed E-state index contributed by atoms with van der Waals surface area (Å²) in [6.45, 7) is 3.74. The first-order chi connectivity index (χ1) is 8.37. The monoisotopic (exact) mass is 280 g/mol. The van der Waals surface area contributed by atoms with Gasteiger partial charge in [0.05, 0.1) is 12.3 Å². The van der Waals surface area contributed by atoms with E-state index in [9.17, 15) is 4.57 Å². The van der Waals surface area contributed by atoms with Gasteiger partial charge in [-0.15, -0.1) is 0 Å². The highest BCUT2D eigenvalue weighted by molar-refractivity contribution is 7.53. The number of ether oxygens (including phenoxy) is 3. The molecule has 0 N–H and O–H groups in total. The minimum atomic E-state index is -2.95. The molecule has 7 heteroatoms. The molecule has 0 aromatic carbocycles. The van der Waals surface area contributed by atoms with Crippen molar-refractivity contribution in [2.24, 2.45) is 0 Å². The second kappa shape index (κ2) is 5.19. The molecule has 0 bridgehead atoms. The van der Waals surface area contributed by atoms with E-state index >= 15 is 0 Å². The maximum atomic E-state index is 11.9. The van der Waals surface area contributed by atoms with Crippen LogP contribution in [0.1, 0.15) is 26.7 Å². The Labute approximate surface area is 107 Å². The number of rotatable bonds is 5. The van der Waals surface area contributed by atoms with Gasteiger partial charge < -0.3 is 23.3 Å². The second-order valence-corrected chi connectivity index (χ2v) is 7.42. The van der Waals surface area contributed by atoms with E-state index in [0.717, 1.165) is 6.42 Å². The van der Waals surface area contributed by atoms with Crippen molar-refractivity contribution < 1.29 is 27.8 Å². The van der Waals surface area contributed by atoms with E-state index in [-0.39, 0.29) is 18.5 Å². The smallest absolute Gasteiger partial charge is 0.330 e. The number of fused-ring (bicyclic) bond motifs is 1. The molecule has 2 heterocycles. The average Bonchev–Trinajstić information content (AvgIpc) is 2.79. The maximum Gasteiger partial charge on any atom is 0.330 e. The Morgan fingerprint density at radius 3 is 2.50 bits per heavy atom. The van der Waals surface area contributed by atoms with Gasteiger partial charge >= 0.3 is 7.60 Å². The summed E-state index contributed by atoms with van der Waals surface area (Å²) in [5.41, 5.74) is 0. The molecule has 2 saturated heterocycles. The van der Waals surface area contributed by atoms with Crippen LogP contribution in [0.3, 0.4) is 0 Å². The molecule has 0 saturated carbocycles. The summed E-state index contributed by atoms with van der Waals surface area (Å²) in [7, 11) is -0.167. The van der Waals surface area contributed by atoms with Crippen LogP contribution in [0, 0.1) is 0 Å². The van der Waals surface area contributed by atoms with Crippen LogP contribution in [0.4, 0.5) is 0 Å². The van der Waals surface area contributed by atoms with Crippen molar-refractivity contribution in [3.8, 4) is 0 Å². The zero-order valence-electron chi connectivity index (χ0n) is 11.3. The van der Waals surface area contributed by atoms with Gasteiger partial charge in [-0.25, -0.2) is 0 Å². The highest BCUT2D eigenvalue weighted by Crippen LogP contribution is 2.48. The van der Waals surface area contributed by atoms with Gasteiger partial charge in [0, 0.05) is 20.6 Å². The lowest BCUT2D eigenvalue weighted by atomic mass is 10.1. The first-order valence-corrected chi connectivity index (χ1v) is 7.82. The largest absolute Gasteiger partial charge is 0.346 e. The highest BCUT2D eigenvalue weighted by atomic mass is 31.2. The third-order valence-electron chi connectivity index (χ3n) is 3.24. The molecule has 0 radical (unpaired) electrons. The van der Waals surface area contributed by atoms with Gasteiger partial charge in [0.2, 0.25) is 0 Å². The van der Waals surface area contributed by atoms with Crippen LogP contribution < -0.4 is 0 Å². The molecule has 2 aliphatic rings. The van der Waals surface area contributed by atoms with Gasteiger partial charge in [-0.05, 0) is 20.3 Å². The normalized spacial score (nSPS) is 34.8. The predicted molar refractivity (Wildman–Crippen MR) is 64.4 cm³/mol. The molecule has 0 aromatic rings. The Bertz CT molecular complexity index is 320. The summed E-state index contributed by atoms with van der Waals surface area (Å²) in [5, 5.41) is 0. The topological polar surface area (TPSA) is 63.2 Å². The minimum absolute atomic E-state index is 0.0188. The van der Waals surface area contributed by atoms with Crippen molar-refractivity contribution >= 4 is 7.60 Å². The predicted octanol–water partition coefficient (Wildman–Crippen LogP) is 2.13. The molecule has 0 aromatic heterocycles. The lowest BCUT2D eigenvalue weighted by molar-refractivity contribution is -0.204. The van der Waals surface area contributed by atoms with E-state index in [1.165, 1.54) is 14.2 Å². The molecule has 2 fully saturated rings. The van der Waals surface area contributed by atoms with Crippen molar-refractivity contribution in [2.75, 3.05) is 20.4 Å². The molecule has 2 rings (SSSR count). The molecule has 0 aliphatic carbocycles. The van der Waals surface area contributed by atoms with Gasteiger partial charge in [0.1, 0.15) is 6.10 Å². The van der Waals surface area contributed by atoms with Gasteiger partial charge in [0.15, 0.2) is 12.1 Å². The van der Waals surface area contributed by atoms with E-state index < -0.39 is 13.4 Å². The maximum absolute atomic E-state index is 11.9. The molecular formula is C11H21O6P. The number of hydrogen-bond acceptors (Lipinski definition) is 6. The number of hydrogen-bond donors (Lipinski definition) is 0. The van der Waals surface area contributed by atoms with Crippen molar-refractivity contribution in [2.45, 2.75) is 51.0 Å². The van der Waals surface area contributed by atoms with Gasteiger partial charge in [-0.2, -0.15) is 0 Å². The quantitative estimate of drug-likeness (QED) is 0.719. The highest BCUT2D eigenvalue weighted by Gasteiger charge is 2.48. The molecule has 6 nitrogen and oxygen atoms in total. The zero-order valence-corrected chi connectivity index (χ0v) is 12.1. The SMILES string of the molecule is COP(=O)(CC[C@@H]1C[C@H]2OC(C)(C)O[C@H]2O1)OC. The Morgan fingerprint density at radius 2 is 1.94 bits per heavy atom. The Kier molecular flexibility index (Phi) is 4.17. The van der Waals surface area contributed by atoms with Gasteiger partial charge in [0.25, 0.3) is 0 Å². The summed E-state index contributed by atoms with van der Waals surface area (Å²) in [6, 6.07) is 0. The zero-order chi connectivity index (χ0) is 13.4. The average molecular weight is 280 g/mol. The first kappa shape index (κ1) is 14.4. The van der Waals surface area contributed by atoms with Crippen molar-refractivity contribution in [3.63, 3.8) is 0 Å². The first-order valence-electron chi connectivity index (χ1n) is 6.09. The third-order valence-corrected chi connectivity index (χ3v) is 5.16. The fourth-order valence-corrected chi connectivity index (χ4v) is 3.45. The van der Waals surface area contributed by atoms with Crippen molar-refractivity contribution in [1.82, 2.24) is 0 Å². The summed E-state index contributed by atoms with van der Waals surface area (Å²) in [6.07, 6.45) is 1.34. The summed E-state index contributed by atoms with van der Waals surface area (Å²) >= 11 is 0. The Morgan fingerprint density at radius 1 is 1.28 bits per heavy atom. The Balaban J connectivity index is 1.80. The van der Waals surface area contributed by atoms with Crippen molar-refractivity contribution in [1.29, 1.82) is 0 Å². The summed E-state index contributed by atoms with van der Waals surface area (Å²) in [5.74, 6) is -0.575. The van der Waals surface area contributed by atoms with E-state index in [4.69, 9.17) is 23.3 Å². The second-order valence-electron chi connectivity index (χ2n) is 5.02. The van der Waals surface area contributed by atoms with Crippen LogP contribution in [0.5, 0.6) is 0 Å². The molecule has 106 valence electrons. The molecule has 18 heavy (non-hydrogen) atoms. The van der Waals surface area contributed by atoms with Crippen molar-refractivity contribution in [3.05, 3.63) is 0 Å². The minimum Gasteiger partial charge on any atom is -0.346 e. The Hall–Kier alpha value is 0.0300. The van der Waals surface area contributed by atoms with Crippen LogP contribution >= 0.6 is 7.60 Å².